The van der Waals surface area contributed by atoms with Gasteiger partial charge in [-0.25, -0.2) is 0 Å². The van der Waals surface area contributed by atoms with Gasteiger partial charge < -0.3 is 20.1 Å². The summed E-state index contributed by atoms with van der Waals surface area (Å²) in [7, 11) is 1.68. The predicted octanol–water partition coefficient (Wildman–Crippen LogP) is 2.03. The Kier molecular flexibility index (Phi) is 5.05. The fraction of sp³-hybridized carbons (Fsp3) is 0.600. The number of hydrogen-bond donors (Lipinski definition) is 1. The third-order valence-electron chi connectivity index (χ3n) is 3.48. The van der Waals surface area contributed by atoms with Gasteiger partial charge in [-0.05, 0) is 44.0 Å². The maximum absolute atomic E-state index is 5.92. The number of benzene rings is 1. The van der Waals surface area contributed by atoms with Crippen LogP contribution in [0.3, 0.4) is 0 Å². The standard InChI is InChI=1S/C15H24N2O2/c1-12(11-18-2)19-15-5-3-14(4-6-15)17-9-7-13(16)8-10-17/h3-6,12-13H,7-11,16H2,1-2H3. The summed E-state index contributed by atoms with van der Waals surface area (Å²) < 4.78 is 10.8. The normalized spacial score (nSPS) is 18.4. The Morgan fingerprint density at radius 2 is 1.89 bits per heavy atom. The molecular formula is C15H24N2O2. The first-order valence-electron chi connectivity index (χ1n) is 6.95. The molecule has 1 heterocycles. The van der Waals surface area contributed by atoms with Crippen molar-refractivity contribution in [2.75, 3.05) is 31.7 Å². The Balaban J connectivity index is 1.91. The third-order valence-corrected chi connectivity index (χ3v) is 3.48. The van der Waals surface area contributed by atoms with Gasteiger partial charge in [0, 0.05) is 31.9 Å². The Hall–Kier alpha value is -1.26. The Bertz CT molecular complexity index is 372. The van der Waals surface area contributed by atoms with Gasteiger partial charge in [0.2, 0.25) is 0 Å². The minimum atomic E-state index is 0.0730. The Morgan fingerprint density at radius 1 is 1.26 bits per heavy atom. The fourth-order valence-electron chi connectivity index (χ4n) is 2.39. The molecule has 0 aromatic heterocycles. The van der Waals surface area contributed by atoms with E-state index in [-0.39, 0.29) is 6.10 Å². The van der Waals surface area contributed by atoms with Gasteiger partial charge in [-0.3, -0.25) is 0 Å². The van der Waals surface area contributed by atoms with Crippen molar-refractivity contribution in [1.82, 2.24) is 0 Å². The summed E-state index contributed by atoms with van der Waals surface area (Å²) in [5, 5.41) is 0. The van der Waals surface area contributed by atoms with Crippen molar-refractivity contribution in [2.24, 2.45) is 5.73 Å². The van der Waals surface area contributed by atoms with Crippen molar-refractivity contribution in [3.8, 4) is 5.75 Å². The molecule has 0 saturated carbocycles. The van der Waals surface area contributed by atoms with E-state index in [4.69, 9.17) is 15.2 Å². The van der Waals surface area contributed by atoms with Crippen molar-refractivity contribution in [3.05, 3.63) is 24.3 Å². The molecule has 2 N–H and O–H groups in total. The van der Waals surface area contributed by atoms with Gasteiger partial charge in [0.25, 0.3) is 0 Å². The number of nitrogens with zero attached hydrogens (tertiary/aromatic N) is 1. The van der Waals surface area contributed by atoms with E-state index in [1.54, 1.807) is 7.11 Å². The molecule has 1 aromatic rings. The van der Waals surface area contributed by atoms with Crippen LogP contribution in [-0.4, -0.2) is 39.0 Å². The Labute approximate surface area is 115 Å². The first-order chi connectivity index (χ1) is 9.19. The number of anilines is 1. The highest BCUT2D eigenvalue weighted by Crippen LogP contribution is 2.23. The molecule has 4 nitrogen and oxygen atoms in total. The quantitative estimate of drug-likeness (QED) is 0.884. The summed E-state index contributed by atoms with van der Waals surface area (Å²) >= 11 is 0. The lowest BCUT2D eigenvalue weighted by Gasteiger charge is -2.32. The van der Waals surface area contributed by atoms with E-state index in [0.29, 0.717) is 12.6 Å². The molecule has 106 valence electrons. The molecule has 4 heteroatoms. The van der Waals surface area contributed by atoms with Crippen LogP contribution in [0.1, 0.15) is 19.8 Å². The van der Waals surface area contributed by atoms with Crippen LogP contribution >= 0.6 is 0 Å². The second kappa shape index (κ2) is 6.78. The molecule has 2 rings (SSSR count). The second-order valence-electron chi connectivity index (χ2n) is 5.20. The lowest BCUT2D eigenvalue weighted by atomic mass is 10.1. The summed E-state index contributed by atoms with van der Waals surface area (Å²) in [6, 6.07) is 8.65. The average Bonchev–Trinajstić information content (AvgIpc) is 2.41. The summed E-state index contributed by atoms with van der Waals surface area (Å²) in [5.74, 6) is 0.891. The molecule has 1 saturated heterocycles. The third kappa shape index (κ3) is 4.11. The highest BCUT2D eigenvalue weighted by molar-refractivity contribution is 5.49. The summed E-state index contributed by atoms with van der Waals surface area (Å²) in [6.07, 6.45) is 2.22. The van der Waals surface area contributed by atoms with Gasteiger partial charge >= 0.3 is 0 Å². The molecule has 0 spiro atoms. The molecule has 1 aliphatic rings. The predicted molar refractivity (Wildman–Crippen MR) is 77.8 cm³/mol. The maximum atomic E-state index is 5.92. The average molecular weight is 264 g/mol. The van der Waals surface area contributed by atoms with Crippen LogP contribution in [0.25, 0.3) is 0 Å². The van der Waals surface area contributed by atoms with Crippen LogP contribution < -0.4 is 15.4 Å². The van der Waals surface area contributed by atoms with E-state index in [1.165, 1.54) is 5.69 Å². The first-order valence-corrected chi connectivity index (χ1v) is 6.95. The van der Waals surface area contributed by atoms with E-state index >= 15 is 0 Å². The number of piperidine rings is 1. The van der Waals surface area contributed by atoms with Crippen LogP contribution in [0.5, 0.6) is 5.75 Å². The van der Waals surface area contributed by atoms with Crippen molar-refractivity contribution in [1.29, 1.82) is 0 Å². The number of ether oxygens (including phenoxy) is 2. The van der Waals surface area contributed by atoms with Gasteiger partial charge in [-0.15, -0.1) is 0 Å². The molecule has 19 heavy (non-hydrogen) atoms. The smallest absolute Gasteiger partial charge is 0.119 e. The van der Waals surface area contributed by atoms with Crippen molar-refractivity contribution in [2.45, 2.75) is 31.9 Å². The number of methoxy groups -OCH3 is 1. The topological polar surface area (TPSA) is 47.7 Å². The molecule has 1 unspecified atom stereocenters. The van der Waals surface area contributed by atoms with E-state index in [1.807, 2.05) is 19.1 Å². The molecule has 0 aliphatic carbocycles. The van der Waals surface area contributed by atoms with E-state index < -0.39 is 0 Å². The molecule has 1 atom stereocenters. The van der Waals surface area contributed by atoms with Gasteiger partial charge in [-0.1, -0.05) is 0 Å². The molecular weight excluding hydrogens is 240 g/mol. The Morgan fingerprint density at radius 3 is 2.47 bits per heavy atom. The maximum Gasteiger partial charge on any atom is 0.119 e. The van der Waals surface area contributed by atoms with Crippen molar-refractivity contribution in [3.63, 3.8) is 0 Å². The number of nitrogens with two attached hydrogens (primary N) is 1. The minimum Gasteiger partial charge on any atom is -0.488 e. The number of hydrogen-bond acceptors (Lipinski definition) is 4. The first kappa shape index (κ1) is 14.2. The van der Waals surface area contributed by atoms with Gasteiger partial charge in [0.15, 0.2) is 0 Å². The lowest BCUT2D eigenvalue weighted by molar-refractivity contribution is 0.0921. The number of rotatable bonds is 5. The fourth-order valence-corrected chi connectivity index (χ4v) is 2.39. The molecule has 1 fully saturated rings. The zero-order valence-corrected chi connectivity index (χ0v) is 11.8. The van der Waals surface area contributed by atoms with Crippen molar-refractivity contribution < 1.29 is 9.47 Å². The SMILES string of the molecule is COCC(C)Oc1ccc(N2CCC(N)CC2)cc1. The molecule has 0 radical (unpaired) electrons. The summed E-state index contributed by atoms with van der Waals surface area (Å²) in [5.41, 5.74) is 7.17. The molecule has 1 aromatic carbocycles. The van der Waals surface area contributed by atoms with Crippen LogP contribution in [0, 0.1) is 0 Å². The molecule has 0 bridgehead atoms. The molecule has 1 aliphatic heterocycles. The van der Waals surface area contributed by atoms with E-state index in [2.05, 4.69) is 17.0 Å². The molecule has 0 amide bonds. The minimum absolute atomic E-state index is 0.0730. The lowest BCUT2D eigenvalue weighted by Crippen LogP contribution is -2.39. The highest BCUT2D eigenvalue weighted by Gasteiger charge is 2.16. The van der Waals surface area contributed by atoms with Gasteiger partial charge in [0.05, 0.1) is 6.61 Å². The summed E-state index contributed by atoms with van der Waals surface area (Å²) in [4.78, 5) is 2.38. The van der Waals surface area contributed by atoms with Crippen LogP contribution in [-0.2, 0) is 4.74 Å². The van der Waals surface area contributed by atoms with E-state index in [9.17, 15) is 0 Å². The highest BCUT2D eigenvalue weighted by atomic mass is 16.5. The van der Waals surface area contributed by atoms with Crippen LogP contribution in [0.4, 0.5) is 5.69 Å². The van der Waals surface area contributed by atoms with Crippen molar-refractivity contribution >= 4 is 5.69 Å². The monoisotopic (exact) mass is 264 g/mol. The second-order valence-corrected chi connectivity index (χ2v) is 5.20. The van der Waals surface area contributed by atoms with Crippen LogP contribution in [0.15, 0.2) is 24.3 Å². The zero-order valence-electron chi connectivity index (χ0n) is 11.8. The zero-order chi connectivity index (χ0) is 13.7. The van der Waals surface area contributed by atoms with E-state index in [0.717, 1.165) is 31.7 Å². The van der Waals surface area contributed by atoms with Crippen LogP contribution in [0.2, 0.25) is 0 Å². The largest absolute Gasteiger partial charge is 0.488 e. The van der Waals surface area contributed by atoms with Gasteiger partial charge in [-0.2, -0.15) is 0 Å². The van der Waals surface area contributed by atoms with Gasteiger partial charge in [0.1, 0.15) is 11.9 Å². The summed E-state index contributed by atoms with van der Waals surface area (Å²) in [6.45, 7) is 4.69.